The molecule has 1 aliphatic heterocycles. The van der Waals surface area contributed by atoms with E-state index in [1.807, 2.05) is 24.1 Å². The van der Waals surface area contributed by atoms with Crippen molar-refractivity contribution in [1.82, 2.24) is 10.2 Å². The Morgan fingerprint density at radius 1 is 1.09 bits per heavy atom. The number of morpholine rings is 1. The third kappa shape index (κ3) is 5.51. The Hall–Kier alpha value is -2.17. The van der Waals surface area contributed by atoms with Crippen LogP contribution >= 0.6 is 0 Å². The number of hydrogen-bond acceptors (Lipinski definition) is 3. The highest BCUT2D eigenvalue weighted by atomic mass is 16.5. The van der Waals surface area contributed by atoms with Gasteiger partial charge in [-0.15, -0.1) is 0 Å². The smallest absolute Gasteiger partial charge is 0.0821 e. The van der Waals surface area contributed by atoms with E-state index in [2.05, 4.69) is 53.8 Å². The highest BCUT2D eigenvalue weighted by molar-refractivity contribution is 5.62. The zero-order valence-corrected chi connectivity index (χ0v) is 13.6. The molecule has 2 aromatic rings. The van der Waals surface area contributed by atoms with Crippen molar-refractivity contribution < 1.29 is 4.74 Å². The second-order valence-corrected chi connectivity index (χ2v) is 5.39. The third-order valence-corrected chi connectivity index (χ3v) is 3.76. The SMILES string of the molecule is CNCC1COCCN1C=N.c1ccc(-c2ccccc2)cc1. The van der Waals surface area contributed by atoms with Crippen LogP contribution in [0.3, 0.4) is 0 Å². The predicted molar refractivity (Wildman–Crippen MR) is 95.9 cm³/mol. The molecule has 0 saturated carbocycles. The van der Waals surface area contributed by atoms with E-state index >= 15 is 0 Å². The first-order valence-corrected chi connectivity index (χ1v) is 7.94. The van der Waals surface area contributed by atoms with E-state index in [1.165, 1.54) is 17.5 Å². The van der Waals surface area contributed by atoms with Crippen LogP contribution in [0.15, 0.2) is 60.7 Å². The summed E-state index contributed by atoms with van der Waals surface area (Å²) in [6, 6.07) is 21.1. The van der Waals surface area contributed by atoms with Crippen molar-refractivity contribution >= 4 is 6.34 Å². The molecule has 23 heavy (non-hydrogen) atoms. The number of likely N-dealkylation sites (N-methyl/N-ethyl adjacent to an activating group) is 1. The van der Waals surface area contributed by atoms with Gasteiger partial charge in [0.15, 0.2) is 0 Å². The lowest BCUT2D eigenvalue weighted by Gasteiger charge is -2.33. The van der Waals surface area contributed by atoms with Gasteiger partial charge in [-0.1, -0.05) is 60.7 Å². The Morgan fingerprint density at radius 2 is 1.65 bits per heavy atom. The average Bonchev–Trinajstić information content (AvgIpc) is 2.64. The minimum atomic E-state index is 0.339. The van der Waals surface area contributed by atoms with Crippen LogP contribution in [-0.4, -0.2) is 50.6 Å². The monoisotopic (exact) mass is 311 g/mol. The first kappa shape index (κ1) is 17.2. The van der Waals surface area contributed by atoms with Gasteiger partial charge in [0.2, 0.25) is 0 Å². The Kier molecular flexibility index (Phi) is 7.30. The molecule has 0 amide bonds. The van der Waals surface area contributed by atoms with Gasteiger partial charge in [-0.05, 0) is 18.2 Å². The molecule has 4 heteroatoms. The molecule has 1 unspecified atom stereocenters. The minimum absolute atomic E-state index is 0.339. The molecule has 1 saturated heterocycles. The summed E-state index contributed by atoms with van der Waals surface area (Å²) in [6.07, 6.45) is 1.39. The summed E-state index contributed by atoms with van der Waals surface area (Å²) in [5.74, 6) is 0. The summed E-state index contributed by atoms with van der Waals surface area (Å²) in [5.41, 5.74) is 2.55. The van der Waals surface area contributed by atoms with Gasteiger partial charge in [0.1, 0.15) is 0 Å². The van der Waals surface area contributed by atoms with E-state index in [4.69, 9.17) is 10.1 Å². The van der Waals surface area contributed by atoms with Gasteiger partial charge in [-0.3, -0.25) is 5.41 Å². The maximum Gasteiger partial charge on any atom is 0.0821 e. The number of hydrogen-bond donors (Lipinski definition) is 2. The molecule has 1 fully saturated rings. The quantitative estimate of drug-likeness (QED) is 0.674. The third-order valence-electron chi connectivity index (χ3n) is 3.76. The van der Waals surface area contributed by atoms with Gasteiger partial charge in [0.05, 0.1) is 25.6 Å². The summed E-state index contributed by atoms with van der Waals surface area (Å²) in [4.78, 5) is 2.00. The molecule has 0 radical (unpaired) electrons. The Bertz CT molecular complexity index is 520. The van der Waals surface area contributed by atoms with Crippen LogP contribution in [-0.2, 0) is 4.74 Å². The van der Waals surface area contributed by atoms with Gasteiger partial charge in [-0.25, -0.2) is 0 Å². The summed E-state index contributed by atoms with van der Waals surface area (Å²) in [7, 11) is 1.91. The van der Waals surface area contributed by atoms with Gasteiger partial charge < -0.3 is 15.0 Å². The van der Waals surface area contributed by atoms with Crippen LogP contribution < -0.4 is 5.32 Å². The van der Waals surface area contributed by atoms with Crippen molar-refractivity contribution in [3.63, 3.8) is 0 Å². The van der Waals surface area contributed by atoms with Gasteiger partial charge in [-0.2, -0.15) is 0 Å². The number of rotatable bonds is 4. The van der Waals surface area contributed by atoms with Crippen LogP contribution in [0.2, 0.25) is 0 Å². The number of nitrogens with one attached hydrogen (secondary N) is 2. The van der Waals surface area contributed by atoms with Crippen LogP contribution in [0.4, 0.5) is 0 Å². The van der Waals surface area contributed by atoms with Crippen molar-refractivity contribution in [2.24, 2.45) is 0 Å². The molecule has 1 aliphatic rings. The summed E-state index contributed by atoms with van der Waals surface area (Å²) >= 11 is 0. The predicted octanol–water partition coefficient (Wildman–Crippen LogP) is 2.87. The van der Waals surface area contributed by atoms with Crippen LogP contribution in [0.5, 0.6) is 0 Å². The van der Waals surface area contributed by atoms with Crippen molar-refractivity contribution in [2.75, 3.05) is 33.4 Å². The van der Waals surface area contributed by atoms with Crippen LogP contribution in [0, 0.1) is 5.41 Å². The molecule has 0 spiro atoms. The zero-order valence-electron chi connectivity index (χ0n) is 13.6. The summed E-state index contributed by atoms with van der Waals surface area (Å²) in [5, 5.41) is 10.2. The second kappa shape index (κ2) is 9.77. The number of nitrogens with zero attached hydrogens (tertiary/aromatic N) is 1. The van der Waals surface area contributed by atoms with Crippen molar-refractivity contribution in [3.05, 3.63) is 60.7 Å². The van der Waals surface area contributed by atoms with Gasteiger partial charge >= 0.3 is 0 Å². The maximum atomic E-state index is 7.12. The van der Waals surface area contributed by atoms with Gasteiger partial charge in [0, 0.05) is 13.1 Å². The molecule has 0 aliphatic carbocycles. The number of ether oxygens (including phenoxy) is 1. The average molecular weight is 311 g/mol. The Morgan fingerprint density at radius 3 is 2.13 bits per heavy atom. The lowest BCUT2D eigenvalue weighted by Crippen LogP contribution is -2.48. The summed E-state index contributed by atoms with van der Waals surface area (Å²) in [6.45, 7) is 3.21. The van der Waals surface area contributed by atoms with E-state index in [1.54, 1.807) is 0 Å². The number of benzene rings is 2. The second-order valence-electron chi connectivity index (χ2n) is 5.39. The molecule has 0 bridgehead atoms. The Labute approximate surface area is 138 Å². The fraction of sp³-hybridized carbons (Fsp3) is 0.316. The lowest BCUT2D eigenvalue weighted by molar-refractivity contribution is 0.0294. The highest BCUT2D eigenvalue weighted by Gasteiger charge is 2.18. The topological polar surface area (TPSA) is 48.4 Å². The fourth-order valence-corrected chi connectivity index (χ4v) is 2.51. The molecular weight excluding hydrogens is 286 g/mol. The fourth-order valence-electron chi connectivity index (χ4n) is 2.51. The Balaban J connectivity index is 0.000000168. The van der Waals surface area contributed by atoms with Crippen molar-refractivity contribution in [3.8, 4) is 11.1 Å². The van der Waals surface area contributed by atoms with Crippen LogP contribution in [0.25, 0.3) is 11.1 Å². The molecule has 122 valence electrons. The van der Waals surface area contributed by atoms with E-state index in [0.29, 0.717) is 6.04 Å². The molecule has 3 rings (SSSR count). The molecule has 0 aromatic heterocycles. The molecular formula is C19H25N3O. The van der Waals surface area contributed by atoms with Gasteiger partial charge in [0.25, 0.3) is 0 Å². The molecule has 2 aromatic carbocycles. The van der Waals surface area contributed by atoms with E-state index < -0.39 is 0 Å². The minimum Gasteiger partial charge on any atom is -0.377 e. The summed E-state index contributed by atoms with van der Waals surface area (Å²) < 4.78 is 5.28. The highest BCUT2D eigenvalue weighted by Crippen LogP contribution is 2.17. The standard InChI is InChI=1S/C12H10.C7H15N3O/c1-3-7-11(8-4-1)12-9-5-2-6-10-12;1-9-4-7-5-11-3-2-10(7)6-8/h1-10H;6-9H,2-5H2,1H3. The molecule has 1 heterocycles. The zero-order chi connectivity index (χ0) is 16.3. The lowest BCUT2D eigenvalue weighted by atomic mass is 10.1. The van der Waals surface area contributed by atoms with E-state index in [9.17, 15) is 0 Å². The largest absolute Gasteiger partial charge is 0.377 e. The first-order valence-electron chi connectivity index (χ1n) is 7.94. The van der Waals surface area contributed by atoms with E-state index in [-0.39, 0.29) is 0 Å². The van der Waals surface area contributed by atoms with E-state index in [0.717, 1.165) is 26.3 Å². The normalized spacial score (nSPS) is 17.1. The molecule has 4 nitrogen and oxygen atoms in total. The first-order chi connectivity index (χ1) is 11.3. The van der Waals surface area contributed by atoms with Crippen LogP contribution in [0.1, 0.15) is 0 Å². The van der Waals surface area contributed by atoms with Crippen molar-refractivity contribution in [2.45, 2.75) is 6.04 Å². The van der Waals surface area contributed by atoms with Crippen molar-refractivity contribution in [1.29, 1.82) is 5.41 Å². The maximum absolute atomic E-state index is 7.12. The molecule has 2 N–H and O–H groups in total. The molecule has 1 atom stereocenters.